The molecule has 0 aliphatic rings. The number of hydrogen-bond donors (Lipinski definition) is 2. The van der Waals surface area contributed by atoms with Gasteiger partial charge in [0.05, 0.1) is 6.61 Å². The summed E-state index contributed by atoms with van der Waals surface area (Å²) in [4.78, 5) is 17.4. The van der Waals surface area contributed by atoms with Crippen molar-refractivity contribution in [1.82, 2.24) is 4.98 Å². The SMILES string of the molecule is Cc1ccc(-c2ccc(C)cc2C(=O)Nc2ccc(OCCc3cccc(N)n3)cc2)cc1. The molecule has 5 nitrogen and oxygen atoms in total. The van der Waals surface area contributed by atoms with Gasteiger partial charge < -0.3 is 15.8 Å². The van der Waals surface area contributed by atoms with Crippen molar-refractivity contribution < 1.29 is 9.53 Å². The summed E-state index contributed by atoms with van der Waals surface area (Å²) in [6, 6.07) is 27.1. The molecule has 0 radical (unpaired) electrons. The van der Waals surface area contributed by atoms with Crippen LogP contribution in [-0.2, 0) is 6.42 Å². The Labute approximate surface area is 194 Å². The molecule has 0 aliphatic heterocycles. The zero-order valence-corrected chi connectivity index (χ0v) is 18.8. The third-order valence-corrected chi connectivity index (χ3v) is 5.35. The molecule has 0 bridgehead atoms. The Morgan fingerprint density at radius 2 is 1.64 bits per heavy atom. The zero-order valence-electron chi connectivity index (χ0n) is 18.8. The lowest BCUT2D eigenvalue weighted by Gasteiger charge is -2.13. The van der Waals surface area contributed by atoms with Gasteiger partial charge in [-0.25, -0.2) is 4.98 Å². The molecule has 0 spiro atoms. The second-order valence-electron chi connectivity index (χ2n) is 8.05. The van der Waals surface area contributed by atoms with E-state index in [0.717, 1.165) is 28.1 Å². The molecule has 4 rings (SSSR count). The van der Waals surface area contributed by atoms with Crippen LogP contribution < -0.4 is 15.8 Å². The summed E-state index contributed by atoms with van der Waals surface area (Å²) in [6.07, 6.45) is 0.665. The van der Waals surface area contributed by atoms with Gasteiger partial charge in [0, 0.05) is 23.4 Å². The van der Waals surface area contributed by atoms with Crippen LogP contribution in [0.5, 0.6) is 5.75 Å². The Balaban J connectivity index is 1.41. The molecule has 5 heteroatoms. The summed E-state index contributed by atoms with van der Waals surface area (Å²) in [6.45, 7) is 4.53. The van der Waals surface area contributed by atoms with Crippen molar-refractivity contribution in [2.75, 3.05) is 17.7 Å². The van der Waals surface area contributed by atoms with E-state index in [1.165, 1.54) is 5.56 Å². The van der Waals surface area contributed by atoms with Crippen molar-refractivity contribution in [3.05, 3.63) is 107 Å². The zero-order chi connectivity index (χ0) is 23.2. The Bertz CT molecular complexity index is 1250. The van der Waals surface area contributed by atoms with Crippen molar-refractivity contribution in [1.29, 1.82) is 0 Å². The van der Waals surface area contributed by atoms with Gasteiger partial charge in [-0.3, -0.25) is 4.79 Å². The second-order valence-corrected chi connectivity index (χ2v) is 8.05. The van der Waals surface area contributed by atoms with Crippen LogP contribution in [0.4, 0.5) is 11.5 Å². The van der Waals surface area contributed by atoms with Gasteiger partial charge in [0.1, 0.15) is 11.6 Å². The van der Waals surface area contributed by atoms with E-state index in [1.54, 1.807) is 6.07 Å². The predicted molar refractivity (Wildman–Crippen MR) is 134 cm³/mol. The van der Waals surface area contributed by atoms with Gasteiger partial charge in [0.15, 0.2) is 0 Å². The minimum atomic E-state index is -0.143. The third kappa shape index (κ3) is 5.77. The van der Waals surface area contributed by atoms with Crippen LogP contribution in [0.25, 0.3) is 11.1 Å². The highest BCUT2D eigenvalue weighted by atomic mass is 16.5. The van der Waals surface area contributed by atoms with E-state index in [1.807, 2.05) is 80.6 Å². The van der Waals surface area contributed by atoms with Crippen molar-refractivity contribution >= 4 is 17.4 Å². The average Bonchev–Trinajstić information content (AvgIpc) is 2.81. The summed E-state index contributed by atoms with van der Waals surface area (Å²) >= 11 is 0. The highest BCUT2D eigenvalue weighted by Crippen LogP contribution is 2.26. The maximum atomic E-state index is 13.1. The van der Waals surface area contributed by atoms with E-state index < -0.39 is 0 Å². The first-order valence-corrected chi connectivity index (χ1v) is 10.9. The van der Waals surface area contributed by atoms with Gasteiger partial charge in [0.25, 0.3) is 5.91 Å². The first kappa shape index (κ1) is 22.1. The Hall–Kier alpha value is -4.12. The third-order valence-electron chi connectivity index (χ3n) is 5.35. The molecule has 166 valence electrons. The summed E-state index contributed by atoms with van der Waals surface area (Å²) < 4.78 is 5.80. The van der Waals surface area contributed by atoms with Gasteiger partial charge in [-0.15, -0.1) is 0 Å². The molecule has 0 aliphatic carbocycles. The van der Waals surface area contributed by atoms with Gasteiger partial charge >= 0.3 is 0 Å². The average molecular weight is 438 g/mol. The summed E-state index contributed by atoms with van der Waals surface area (Å²) in [7, 11) is 0. The predicted octanol–water partition coefficient (Wildman–Crippen LogP) is 5.82. The number of carbonyl (C=O) groups excluding carboxylic acids is 1. The minimum Gasteiger partial charge on any atom is -0.493 e. The molecular weight excluding hydrogens is 410 g/mol. The number of nitrogen functional groups attached to an aromatic ring is 1. The molecule has 3 N–H and O–H groups in total. The standard InChI is InChI=1S/C28H27N3O2/c1-19-6-9-21(10-7-19)25-15-8-20(2)18-26(25)28(32)31-23-11-13-24(14-12-23)33-17-16-22-4-3-5-27(29)30-22/h3-15,18H,16-17H2,1-2H3,(H2,29,30)(H,31,32). The van der Waals surface area contributed by atoms with E-state index in [0.29, 0.717) is 30.1 Å². The Morgan fingerprint density at radius 1 is 0.909 bits per heavy atom. The number of anilines is 2. The molecular formula is C28H27N3O2. The maximum absolute atomic E-state index is 13.1. The fraction of sp³-hybridized carbons (Fsp3) is 0.143. The monoisotopic (exact) mass is 437 g/mol. The van der Waals surface area contributed by atoms with E-state index in [4.69, 9.17) is 10.5 Å². The lowest BCUT2D eigenvalue weighted by molar-refractivity contribution is 0.102. The number of aromatic nitrogens is 1. The quantitative estimate of drug-likeness (QED) is 0.382. The number of amides is 1. The Kier molecular flexibility index (Phi) is 6.69. The summed E-state index contributed by atoms with van der Waals surface area (Å²) in [5.74, 6) is 1.09. The lowest BCUT2D eigenvalue weighted by atomic mass is 9.96. The molecule has 1 aromatic heterocycles. The number of rotatable bonds is 7. The normalized spacial score (nSPS) is 10.6. The minimum absolute atomic E-state index is 0.143. The van der Waals surface area contributed by atoms with Gasteiger partial charge in [-0.2, -0.15) is 0 Å². The fourth-order valence-corrected chi connectivity index (χ4v) is 3.57. The second kappa shape index (κ2) is 10.0. The largest absolute Gasteiger partial charge is 0.493 e. The molecule has 0 saturated carbocycles. The molecule has 1 heterocycles. The number of aryl methyl sites for hydroxylation is 2. The molecule has 0 fully saturated rings. The fourth-order valence-electron chi connectivity index (χ4n) is 3.57. The number of carbonyl (C=O) groups is 1. The smallest absolute Gasteiger partial charge is 0.256 e. The topological polar surface area (TPSA) is 77.2 Å². The number of nitrogens with zero attached hydrogens (tertiary/aromatic N) is 1. The number of nitrogens with two attached hydrogens (primary N) is 1. The van der Waals surface area contributed by atoms with Crippen molar-refractivity contribution in [3.8, 4) is 16.9 Å². The number of pyridine rings is 1. The molecule has 4 aromatic rings. The van der Waals surface area contributed by atoms with E-state index in [-0.39, 0.29) is 5.91 Å². The highest BCUT2D eigenvalue weighted by molar-refractivity contribution is 6.08. The van der Waals surface area contributed by atoms with Crippen molar-refractivity contribution in [2.45, 2.75) is 20.3 Å². The highest BCUT2D eigenvalue weighted by Gasteiger charge is 2.14. The van der Waals surface area contributed by atoms with Crippen molar-refractivity contribution in [2.24, 2.45) is 0 Å². The van der Waals surface area contributed by atoms with E-state index in [9.17, 15) is 4.79 Å². The van der Waals surface area contributed by atoms with Crippen LogP contribution in [0, 0.1) is 13.8 Å². The van der Waals surface area contributed by atoms with Crippen LogP contribution in [0.1, 0.15) is 27.2 Å². The first-order chi connectivity index (χ1) is 16.0. The summed E-state index contributed by atoms with van der Waals surface area (Å²) in [5.41, 5.74) is 12.1. The van der Waals surface area contributed by atoms with Gasteiger partial charge in [-0.05, 0) is 67.4 Å². The van der Waals surface area contributed by atoms with Crippen molar-refractivity contribution in [3.63, 3.8) is 0 Å². The molecule has 0 atom stereocenters. The van der Waals surface area contributed by atoms with E-state index >= 15 is 0 Å². The van der Waals surface area contributed by atoms with Crippen LogP contribution in [0.15, 0.2) is 84.9 Å². The lowest BCUT2D eigenvalue weighted by Crippen LogP contribution is -2.13. The summed E-state index contributed by atoms with van der Waals surface area (Å²) in [5, 5.41) is 3.00. The number of benzene rings is 3. The van der Waals surface area contributed by atoms with Gasteiger partial charge in [-0.1, -0.05) is 53.6 Å². The molecule has 0 saturated heterocycles. The molecule has 33 heavy (non-hydrogen) atoms. The molecule has 0 unspecified atom stereocenters. The number of nitrogens with one attached hydrogen (secondary N) is 1. The number of hydrogen-bond acceptors (Lipinski definition) is 4. The molecule has 3 aromatic carbocycles. The van der Waals surface area contributed by atoms with Crippen LogP contribution >= 0.6 is 0 Å². The molecule has 1 amide bonds. The van der Waals surface area contributed by atoms with Crippen LogP contribution in [0.3, 0.4) is 0 Å². The van der Waals surface area contributed by atoms with Crippen LogP contribution in [0.2, 0.25) is 0 Å². The first-order valence-electron chi connectivity index (χ1n) is 10.9. The van der Waals surface area contributed by atoms with Crippen LogP contribution in [-0.4, -0.2) is 17.5 Å². The maximum Gasteiger partial charge on any atom is 0.256 e. The number of ether oxygens (including phenoxy) is 1. The Morgan fingerprint density at radius 3 is 2.36 bits per heavy atom. The van der Waals surface area contributed by atoms with Gasteiger partial charge in [0.2, 0.25) is 0 Å². The van der Waals surface area contributed by atoms with E-state index in [2.05, 4.69) is 22.4 Å².